The lowest BCUT2D eigenvalue weighted by molar-refractivity contribution is 0.255. The van der Waals surface area contributed by atoms with Crippen molar-refractivity contribution in [3.05, 3.63) is 71.8 Å². The summed E-state index contributed by atoms with van der Waals surface area (Å²) in [4.78, 5) is 0. The fourth-order valence-corrected chi connectivity index (χ4v) is 3.39. The zero-order valence-corrected chi connectivity index (χ0v) is 11.6. The summed E-state index contributed by atoms with van der Waals surface area (Å²) in [5.74, 6) is 0. The molecule has 0 aromatic heterocycles. The molecule has 0 saturated carbocycles. The van der Waals surface area contributed by atoms with Crippen LogP contribution in [0.3, 0.4) is 0 Å². The molecule has 1 nitrogen and oxygen atoms in total. The van der Waals surface area contributed by atoms with Gasteiger partial charge in [-0.15, -0.1) is 0 Å². The predicted molar refractivity (Wildman–Crippen MR) is 77.9 cm³/mol. The Balaban J connectivity index is 2.07. The molecule has 2 aromatic carbocycles. The number of benzene rings is 2. The highest BCUT2D eigenvalue weighted by molar-refractivity contribution is 5.41. The van der Waals surface area contributed by atoms with Gasteiger partial charge >= 0.3 is 0 Å². The lowest BCUT2D eigenvalue weighted by Gasteiger charge is -2.18. The summed E-state index contributed by atoms with van der Waals surface area (Å²) in [6, 6.07) is 21.2. The van der Waals surface area contributed by atoms with E-state index >= 15 is 0 Å². The van der Waals surface area contributed by atoms with E-state index in [0.29, 0.717) is 0 Å². The van der Waals surface area contributed by atoms with Crippen molar-refractivity contribution < 1.29 is 4.74 Å². The van der Waals surface area contributed by atoms with Crippen molar-refractivity contribution in [3.63, 3.8) is 0 Å². The van der Waals surface area contributed by atoms with E-state index in [2.05, 4.69) is 74.5 Å². The second-order valence-corrected chi connectivity index (χ2v) is 5.20. The van der Waals surface area contributed by atoms with Crippen molar-refractivity contribution >= 4 is 0 Å². The molecule has 2 atom stereocenters. The fourth-order valence-electron chi connectivity index (χ4n) is 3.39. The van der Waals surface area contributed by atoms with Crippen molar-refractivity contribution in [1.82, 2.24) is 0 Å². The molecule has 1 fully saturated rings. The van der Waals surface area contributed by atoms with Crippen LogP contribution in [0.5, 0.6) is 0 Å². The number of epoxide rings is 1. The van der Waals surface area contributed by atoms with Gasteiger partial charge in [-0.25, -0.2) is 0 Å². The Morgan fingerprint density at radius 3 is 1.37 bits per heavy atom. The van der Waals surface area contributed by atoms with Crippen LogP contribution in [0, 0.1) is 0 Å². The molecule has 0 spiro atoms. The van der Waals surface area contributed by atoms with E-state index in [-0.39, 0.29) is 11.2 Å². The topological polar surface area (TPSA) is 12.5 Å². The average molecular weight is 252 g/mol. The molecule has 3 rings (SSSR count). The van der Waals surface area contributed by atoms with Crippen LogP contribution in [-0.4, -0.2) is 0 Å². The van der Waals surface area contributed by atoms with Crippen molar-refractivity contribution in [2.24, 2.45) is 0 Å². The van der Waals surface area contributed by atoms with Gasteiger partial charge in [0.25, 0.3) is 0 Å². The van der Waals surface area contributed by atoms with Crippen molar-refractivity contribution in [1.29, 1.82) is 0 Å². The van der Waals surface area contributed by atoms with Gasteiger partial charge in [0.1, 0.15) is 11.2 Å². The molecule has 2 unspecified atom stereocenters. The van der Waals surface area contributed by atoms with Gasteiger partial charge in [0.05, 0.1) is 0 Å². The zero-order chi connectivity index (χ0) is 13.3. The van der Waals surface area contributed by atoms with Crippen LogP contribution in [0.1, 0.15) is 37.8 Å². The molecule has 1 aliphatic heterocycles. The highest BCUT2D eigenvalue weighted by Crippen LogP contribution is 2.65. The van der Waals surface area contributed by atoms with Gasteiger partial charge in [-0.2, -0.15) is 0 Å². The average Bonchev–Trinajstić information content (AvgIpc) is 3.20. The quantitative estimate of drug-likeness (QED) is 0.723. The van der Waals surface area contributed by atoms with Crippen LogP contribution < -0.4 is 0 Å². The minimum Gasteiger partial charge on any atom is -0.352 e. The molecule has 98 valence electrons. The smallest absolute Gasteiger partial charge is 0.127 e. The summed E-state index contributed by atoms with van der Waals surface area (Å²) in [6.45, 7) is 4.43. The lowest BCUT2D eigenvalue weighted by Crippen LogP contribution is -2.21. The first-order valence-electron chi connectivity index (χ1n) is 7.10. The molecule has 0 amide bonds. The predicted octanol–water partition coefficient (Wildman–Crippen LogP) is 4.63. The van der Waals surface area contributed by atoms with E-state index in [0.717, 1.165) is 12.8 Å². The van der Waals surface area contributed by atoms with E-state index in [1.807, 2.05) is 0 Å². The third-order valence-corrected chi connectivity index (χ3v) is 4.44. The molecule has 0 aliphatic carbocycles. The second-order valence-electron chi connectivity index (χ2n) is 5.20. The Labute approximate surface area is 115 Å². The molecule has 1 saturated heterocycles. The first-order valence-corrected chi connectivity index (χ1v) is 7.10. The van der Waals surface area contributed by atoms with Crippen molar-refractivity contribution in [3.8, 4) is 0 Å². The van der Waals surface area contributed by atoms with Crippen LogP contribution in [0.2, 0.25) is 0 Å². The van der Waals surface area contributed by atoms with Crippen LogP contribution in [-0.2, 0) is 15.9 Å². The molecule has 0 bridgehead atoms. The molecular weight excluding hydrogens is 232 g/mol. The third kappa shape index (κ3) is 1.65. The molecule has 0 radical (unpaired) electrons. The summed E-state index contributed by atoms with van der Waals surface area (Å²) in [5, 5.41) is 0. The van der Waals surface area contributed by atoms with Gasteiger partial charge in [-0.05, 0) is 24.0 Å². The summed E-state index contributed by atoms with van der Waals surface area (Å²) in [6.07, 6.45) is 2.00. The highest BCUT2D eigenvalue weighted by atomic mass is 16.6. The summed E-state index contributed by atoms with van der Waals surface area (Å²) >= 11 is 0. The Morgan fingerprint density at radius 2 is 1.05 bits per heavy atom. The second kappa shape index (κ2) is 4.50. The van der Waals surface area contributed by atoms with Crippen LogP contribution in [0.15, 0.2) is 60.7 Å². The monoisotopic (exact) mass is 252 g/mol. The largest absolute Gasteiger partial charge is 0.352 e. The molecular formula is C18H20O. The maximum absolute atomic E-state index is 6.36. The number of rotatable bonds is 4. The molecule has 1 heterocycles. The number of ether oxygens (including phenoxy) is 1. The maximum atomic E-state index is 6.36. The first-order chi connectivity index (χ1) is 9.29. The molecule has 1 aliphatic rings. The first kappa shape index (κ1) is 12.4. The summed E-state index contributed by atoms with van der Waals surface area (Å²) in [7, 11) is 0. The SMILES string of the molecule is CCC1(c2ccccc2)OC1(CC)c1ccccc1. The van der Waals surface area contributed by atoms with Crippen LogP contribution >= 0.6 is 0 Å². The van der Waals surface area contributed by atoms with Crippen molar-refractivity contribution in [2.45, 2.75) is 37.9 Å². The Morgan fingerprint density at radius 1 is 0.684 bits per heavy atom. The van der Waals surface area contributed by atoms with Crippen LogP contribution in [0.4, 0.5) is 0 Å². The molecule has 0 N–H and O–H groups in total. The van der Waals surface area contributed by atoms with Gasteiger partial charge in [0.15, 0.2) is 0 Å². The highest BCUT2D eigenvalue weighted by Gasteiger charge is 2.69. The van der Waals surface area contributed by atoms with Gasteiger partial charge in [0.2, 0.25) is 0 Å². The molecule has 1 heteroatoms. The lowest BCUT2D eigenvalue weighted by atomic mass is 9.78. The Hall–Kier alpha value is -1.60. The minimum absolute atomic E-state index is 0.148. The zero-order valence-electron chi connectivity index (χ0n) is 11.6. The summed E-state index contributed by atoms with van der Waals surface area (Å²) in [5.41, 5.74) is 2.29. The third-order valence-electron chi connectivity index (χ3n) is 4.44. The van der Waals surface area contributed by atoms with Gasteiger partial charge in [-0.1, -0.05) is 74.5 Å². The number of hydrogen-bond acceptors (Lipinski definition) is 1. The Kier molecular flexibility index (Phi) is 2.94. The van der Waals surface area contributed by atoms with E-state index in [1.54, 1.807) is 0 Å². The van der Waals surface area contributed by atoms with E-state index in [4.69, 9.17) is 4.74 Å². The Bertz CT molecular complexity index is 497. The fraction of sp³-hybridized carbons (Fsp3) is 0.333. The van der Waals surface area contributed by atoms with Crippen LogP contribution in [0.25, 0.3) is 0 Å². The van der Waals surface area contributed by atoms with E-state index < -0.39 is 0 Å². The standard InChI is InChI=1S/C18H20O/c1-3-17(15-11-7-5-8-12-15)18(4-2,19-17)16-13-9-6-10-14-16/h5-14H,3-4H2,1-2H3. The molecule has 19 heavy (non-hydrogen) atoms. The van der Waals surface area contributed by atoms with E-state index in [1.165, 1.54) is 11.1 Å². The van der Waals surface area contributed by atoms with Gasteiger partial charge < -0.3 is 4.74 Å². The number of hydrogen-bond donors (Lipinski definition) is 0. The van der Waals surface area contributed by atoms with Gasteiger partial charge in [0, 0.05) is 0 Å². The summed E-state index contributed by atoms with van der Waals surface area (Å²) < 4.78 is 6.36. The van der Waals surface area contributed by atoms with Crippen molar-refractivity contribution in [2.75, 3.05) is 0 Å². The van der Waals surface area contributed by atoms with Gasteiger partial charge in [-0.3, -0.25) is 0 Å². The molecule has 2 aromatic rings. The maximum Gasteiger partial charge on any atom is 0.127 e. The normalized spacial score (nSPS) is 29.2. The van der Waals surface area contributed by atoms with E-state index in [9.17, 15) is 0 Å². The minimum atomic E-state index is -0.148.